The maximum atomic E-state index is 11.4. The van der Waals surface area contributed by atoms with Crippen molar-refractivity contribution in [1.82, 2.24) is 10.4 Å². The van der Waals surface area contributed by atoms with Crippen LogP contribution in [0.25, 0.3) is 0 Å². The molecule has 0 aromatic carbocycles. The molecule has 3 amide bonds. The van der Waals surface area contributed by atoms with E-state index in [0.717, 1.165) is 29.9 Å². The molecule has 0 fully saturated rings. The van der Waals surface area contributed by atoms with Gasteiger partial charge in [-0.1, -0.05) is 19.8 Å². The minimum atomic E-state index is -0.554. The molecule has 20 heavy (non-hydrogen) atoms. The van der Waals surface area contributed by atoms with Crippen LogP contribution < -0.4 is 5.48 Å². The number of nitrogens with zero attached hydrogens (tertiary/aromatic N) is 1. The number of unbranched alkanes of at least 4 members (excludes halogenated alkanes) is 2. The first kappa shape index (κ1) is 15.9. The lowest BCUT2D eigenvalue weighted by atomic mass is 10.2. The average Bonchev–Trinajstić information content (AvgIpc) is 2.74. The van der Waals surface area contributed by atoms with Crippen molar-refractivity contribution < 1.29 is 24.0 Å². The highest BCUT2D eigenvalue weighted by atomic mass is 16.7. The standard InChI is InChI=1S/C13H18N2O5/c1-2-3-4-5-13(19)20-14-10(16)8-9-15-11(17)6-7-12(15)18/h6-7H,2-5,8-9H2,1H3,(H,14,16). The summed E-state index contributed by atoms with van der Waals surface area (Å²) in [5, 5.41) is 0. The van der Waals surface area contributed by atoms with Crippen molar-refractivity contribution in [3.8, 4) is 0 Å². The molecule has 1 aliphatic rings. The Morgan fingerprint density at radius 3 is 2.40 bits per heavy atom. The summed E-state index contributed by atoms with van der Waals surface area (Å²) >= 11 is 0. The number of carbonyl (C=O) groups excluding carboxylic acids is 4. The molecule has 0 aliphatic carbocycles. The Bertz CT molecular complexity index is 412. The number of carbonyl (C=O) groups is 4. The second kappa shape index (κ2) is 8.08. The van der Waals surface area contributed by atoms with Gasteiger partial charge in [-0.15, -0.1) is 0 Å². The maximum Gasteiger partial charge on any atom is 0.332 e. The van der Waals surface area contributed by atoms with E-state index in [1.54, 1.807) is 0 Å². The first-order valence-electron chi connectivity index (χ1n) is 6.56. The zero-order valence-electron chi connectivity index (χ0n) is 11.4. The van der Waals surface area contributed by atoms with Gasteiger partial charge in [-0.2, -0.15) is 5.48 Å². The second-order valence-corrected chi connectivity index (χ2v) is 4.37. The van der Waals surface area contributed by atoms with Crippen molar-refractivity contribution >= 4 is 23.7 Å². The van der Waals surface area contributed by atoms with Crippen molar-refractivity contribution in [2.24, 2.45) is 0 Å². The normalized spacial score (nSPS) is 13.8. The Morgan fingerprint density at radius 2 is 1.80 bits per heavy atom. The van der Waals surface area contributed by atoms with E-state index < -0.39 is 23.7 Å². The lowest BCUT2D eigenvalue weighted by molar-refractivity contribution is -0.158. The van der Waals surface area contributed by atoms with Gasteiger partial charge in [0, 0.05) is 31.5 Å². The largest absolute Gasteiger partial charge is 0.341 e. The average molecular weight is 282 g/mol. The molecule has 0 saturated heterocycles. The summed E-state index contributed by atoms with van der Waals surface area (Å²) < 4.78 is 0. The van der Waals surface area contributed by atoms with E-state index in [-0.39, 0.29) is 19.4 Å². The van der Waals surface area contributed by atoms with E-state index in [1.807, 2.05) is 12.4 Å². The van der Waals surface area contributed by atoms with Crippen molar-refractivity contribution in [2.75, 3.05) is 6.54 Å². The van der Waals surface area contributed by atoms with Gasteiger partial charge in [0.25, 0.3) is 17.7 Å². The van der Waals surface area contributed by atoms with Gasteiger partial charge in [-0.3, -0.25) is 19.3 Å². The molecule has 7 heteroatoms. The van der Waals surface area contributed by atoms with Crippen molar-refractivity contribution in [3.63, 3.8) is 0 Å². The van der Waals surface area contributed by atoms with Crippen LogP contribution in [0.4, 0.5) is 0 Å². The molecule has 1 heterocycles. The third kappa shape index (κ3) is 5.21. The molecule has 0 spiro atoms. The molecule has 1 N–H and O–H groups in total. The maximum absolute atomic E-state index is 11.4. The van der Waals surface area contributed by atoms with Gasteiger partial charge in [0.1, 0.15) is 0 Å². The third-order valence-electron chi connectivity index (χ3n) is 2.73. The van der Waals surface area contributed by atoms with Crippen molar-refractivity contribution in [3.05, 3.63) is 12.2 Å². The first-order valence-corrected chi connectivity index (χ1v) is 6.56. The van der Waals surface area contributed by atoms with Crippen LogP contribution in [0.15, 0.2) is 12.2 Å². The molecule has 0 aromatic rings. The lowest BCUT2D eigenvalue weighted by Crippen LogP contribution is -2.35. The van der Waals surface area contributed by atoms with Crippen LogP contribution in [0.1, 0.15) is 39.0 Å². The summed E-state index contributed by atoms with van der Waals surface area (Å²) in [7, 11) is 0. The van der Waals surface area contributed by atoms with Crippen LogP contribution in [0.3, 0.4) is 0 Å². The van der Waals surface area contributed by atoms with E-state index >= 15 is 0 Å². The lowest BCUT2D eigenvalue weighted by Gasteiger charge is -2.13. The second-order valence-electron chi connectivity index (χ2n) is 4.37. The molecular formula is C13H18N2O5. The Morgan fingerprint density at radius 1 is 1.15 bits per heavy atom. The smallest absolute Gasteiger partial charge is 0.332 e. The van der Waals surface area contributed by atoms with E-state index in [0.29, 0.717) is 6.42 Å². The minimum Gasteiger partial charge on any atom is -0.341 e. The fourth-order valence-electron chi connectivity index (χ4n) is 1.60. The zero-order valence-corrected chi connectivity index (χ0v) is 11.4. The van der Waals surface area contributed by atoms with Crippen molar-refractivity contribution in [1.29, 1.82) is 0 Å². The number of hydroxylamine groups is 1. The highest BCUT2D eigenvalue weighted by molar-refractivity contribution is 6.13. The Kier molecular flexibility index (Phi) is 6.42. The summed E-state index contributed by atoms with van der Waals surface area (Å²) in [5.74, 6) is -1.94. The number of nitrogens with one attached hydrogen (secondary N) is 1. The van der Waals surface area contributed by atoms with Gasteiger partial charge in [-0.05, 0) is 6.42 Å². The molecule has 0 bridgehead atoms. The number of rotatable bonds is 7. The van der Waals surface area contributed by atoms with Crippen LogP contribution in [-0.4, -0.2) is 35.1 Å². The van der Waals surface area contributed by atoms with Crippen molar-refractivity contribution in [2.45, 2.75) is 39.0 Å². The van der Waals surface area contributed by atoms with E-state index in [1.165, 1.54) is 0 Å². The van der Waals surface area contributed by atoms with Gasteiger partial charge in [0.2, 0.25) is 0 Å². The van der Waals surface area contributed by atoms with Gasteiger partial charge in [0.15, 0.2) is 0 Å². The Balaban J connectivity index is 2.16. The van der Waals surface area contributed by atoms with Crippen LogP contribution in [0.5, 0.6) is 0 Å². The molecule has 0 radical (unpaired) electrons. The predicted octanol–water partition coefficient (Wildman–Crippen LogP) is 0.456. The third-order valence-corrected chi connectivity index (χ3v) is 2.73. The molecular weight excluding hydrogens is 264 g/mol. The molecule has 7 nitrogen and oxygen atoms in total. The van der Waals surface area contributed by atoms with Crippen LogP contribution in [0, 0.1) is 0 Å². The molecule has 0 atom stereocenters. The predicted molar refractivity (Wildman–Crippen MR) is 68.9 cm³/mol. The van der Waals surface area contributed by atoms with Gasteiger partial charge in [0.05, 0.1) is 0 Å². The number of hydrogen-bond acceptors (Lipinski definition) is 5. The van der Waals surface area contributed by atoms with Crippen LogP contribution in [0.2, 0.25) is 0 Å². The van der Waals surface area contributed by atoms with E-state index in [4.69, 9.17) is 0 Å². The van der Waals surface area contributed by atoms with Gasteiger partial charge < -0.3 is 4.84 Å². The minimum absolute atomic E-state index is 0.0378. The number of imide groups is 1. The van der Waals surface area contributed by atoms with Crippen LogP contribution >= 0.6 is 0 Å². The highest BCUT2D eigenvalue weighted by Gasteiger charge is 2.23. The quantitative estimate of drug-likeness (QED) is 0.416. The van der Waals surface area contributed by atoms with Gasteiger partial charge in [-0.25, -0.2) is 4.79 Å². The summed E-state index contributed by atoms with van der Waals surface area (Å²) in [6.07, 6.45) is 5.07. The molecule has 110 valence electrons. The van der Waals surface area contributed by atoms with Crippen LogP contribution in [-0.2, 0) is 24.0 Å². The van der Waals surface area contributed by atoms with E-state index in [2.05, 4.69) is 4.84 Å². The number of hydrogen-bond donors (Lipinski definition) is 1. The Hall–Kier alpha value is -2.18. The van der Waals surface area contributed by atoms with E-state index in [9.17, 15) is 19.2 Å². The fraction of sp³-hybridized carbons (Fsp3) is 0.538. The fourth-order valence-corrected chi connectivity index (χ4v) is 1.60. The molecule has 0 aromatic heterocycles. The SMILES string of the molecule is CCCCCC(=O)ONC(=O)CCN1C(=O)C=CC1=O. The summed E-state index contributed by atoms with van der Waals surface area (Å²) in [6, 6.07) is 0. The zero-order chi connectivity index (χ0) is 15.0. The Labute approximate surface area is 116 Å². The molecule has 0 unspecified atom stereocenters. The monoisotopic (exact) mass is 282 g/mol. The number of amides is 3. The molecule has 0 saturated carbocycles. The first-order chi connectivity index (χ1) is 9.54. The summed E-state index contributed by atoms with van der Waals surface area (Å²) in [5.41, 5.74) is 2.00. The molecule has 1 rings (SSSR count). The molecule has 1 aliphatic heterocycles. The topological polar surface area (TPSA) is 92.8 Å². The summed E-state index contributed by atoms with van der Waals surface area (Å²) in [6.45, 7) is 1.98. The van der Waals surface area contributed by atoms with Gasteiger partial charge >= 0.3 is 5.97 Å². The summed E-state index contributed by atoms with van der Waals surface area (Å²) in [4.78, 5) is 50.6. The highest BCUT2D eigenvalue weighted by Crippen LogP contribution is 2.04.